The number of hydrogen-bond donors (Lipinski definition) is 1. The molecule has 1 N–H and O–H groups in total. The van der Waals surface area contributed by atoms with Gasteiger partial charge in [-0.2, -0.15) is 13.2 Å². The number of aromatic nitrogens is 1. The van der Waals surface area contributed by atoms with Crippen LogP contribution >= 0.6 is 0 Å². The van der Waals surface area contributed by atoms with E-state index in [1.807, 2.05) is 30.3 Å². The number of alkyl halides is 3. The molecule has 0 bridgehead atoms. The minimum Gasteiger partial charge on any atom is -0.378 e. The van der Waals surface area contributed by atoms with Crippen LogP contribution in [0, 0.1) is 5.41 Å². The number of anilines is 2. The molecule has 4 rings (SSSR count). The number of benzene rings is 1. The lowest BCUT2D eigenvalue weighted by molar-refractivity contribution is -0.215. The molecule has 2 aromatic rings. The molecule has 1 atom stereocenters. The van der Waals surface area contributed by atoms with Gasteiger partial charge in [-0.15, -0.1) is 0 Å². The highest BCUT2D eigenvalue weighted by molar-refractivity contribution is 5.95. The Bertz CT molecular complexity index is 886. The van der Waals surface area contributed by atoms with Crippen molar-refractivity contribution in [3.8, 4) is 0 Å². The normalized spacial score (nSPS) is 22.5. The van der Waals surface area contributed by atoms with E-state index in [0.29, 0.717) is 19.8 Å². The Kier molecular flexibility index (Phi) is 6.15. The minimum atomic E-state index is -4.66. The summed E-state index contributed by atoms with van der Waals surface area (Å²) in [4.78, 5) is 20.8. The van der Waals surface area contributed by atoms with Gasteiger partial charge in [0.15, 0.2) is 5.41 Å². The monoisotopic (exact) mass is 434 g/mol. The summed E-state index contributed by atoms with van der Waals surface area (Å²) in [6, 6.07) is 12.6. The Hall–Kier alpha value is -2.65. The third-order valence-electron chi connectivity index (χ3n) is 5.94. The molecule has 0 spiro atoms. The zero-order valence-corrected chi connectivity index (χ0v) is 17.1. The maximum atomic E-state index is 14.1. The first-order valence-corrected chi connectivity index (χ1v) is 10.3. The van der Waals surface area contributed by atoms with Crippen LogP contribution < -0.4 is 10.2 Å². The molecule has 1 unspecified atom stereocenters. The molecule has 31 heavy (non-hydrogen) atoms. The molecule has 1 aromatic heterocycles. The predicted octanol–water partition coefficient (Wildman–Crippen LogP) is 3.31. The minimum absolute atomic E-state index is 0.118. The predicted molar refractivity (Wildman–Crippen MR) is 111 cm³/mol. The molecule has 3 heterocycles. The number of amides is 1. The van der Waals surface area contributed by atoms with E-state index in [2.05, 4.69) is 15.2 Å². The first-order chi connectivity index (χ1) is 14.9. The van der Waals surface area contributed by atoms with Gasteiger partial charge in [0.25, 0.3) is 0 Å². The van der Waals surface area contributed by atoms with Crippen LogP contribution in [-0.4, -0.2) is 61.4 Å². The standard InChI is InChI=1S/C22H25F3N4O2/c23-22(24,25)21(8-9-28(16-21)15-17-4-2-1-3-5-17)20(30)27-19-7-6-18(14-26-19)29-10-12-31-13-11-29/h1-7,14H,8-13,15-16H2,(H,26,27,30). The second kappa shape index (κ2) is 8.84. The largest absolute Gasteiger partial charge is 0.404 e. The van der Waals surface area contributed by atoms with E-state index in [4.69, 9.17) is 4.74 Å². The number of likely N-dealkylation sites (tertiary alicyclic amines) is 1. The maximum absolute atomic E-state index is 14.1. The highest BCUT2D eigenvalue weighted by atomic mass is 19.4. The summed E-state index contributed by atoms with van der Waals surface area (Å²) in [5, 5.41) is 2.41. The molecule has 2 saturated heterocycles. The van der Waals surface area contributed by atoms with Crippen molar-refractivity contribution in [1.82, 2.24) is 9.88 Å². The number of nitrogens with one attached hydrogen (secondary N) is 1. The van der Waals surface area contributed by atoms with Crippen LogP contribution in [0.5, 0.6) is 0 Å². The number of rotatable bonds is 5. The number of hydrogen-bond acceptors (Lipinski definition) is 5. The second-order valence-electron chi connectivity index (χ2n) is 7.98. The van der Waals surface area contributed by atoms with E-state index >= 15 is 0 Å². The van der Waals surface area contributed by atoms with Gasteiger partial charge in [0, 0.05) is 26.2 Å². The fraction of sp³-hybridized carbons (Fsp3) is 0.455. The second-order valence-corrected chi connectivity index (χ2v) is 7.98. The number of carbonyl (C=O) groups is 1. The van der Waals surface area contributed by atoms with Crippen LogP contribution in [0.2, 0.25) is 0 Å². The molecule has 166 valence electrons. The quantitative estimate of drug-likeness (QED) is 0.783. The number of morpholine rings is 1. The molecule has 1 amide bonds. The van der Waals surface area contributed by atoms with Crippen molar-refractivity contribution in [3.63, 3.8) is 0 Å². The SMILES string of the molecule is O=C(Nc1ccc(N2CCOCC2)cn1)C1(C(F)(F)F)CCN(Cc2ccccc2)C1. The van der Waals surface area contributed by atoms with Gasteiger partial charge in [0.05, 0.1) is 25.1 Å². The van der Waals surface area contributed by atoms with Crippen molar-refractivity contribution in [2.75, 3.05) is 49.6 Å². The topological polar surface area (TPSA) is 57.7 Å². The Balaban J connectivity index is 1.45. The summed E-state index contributed by atoms with van der Waals surface area (Å²) in [6.07, 6.45) is -3.37. The molecule has 9 heteroatoms. The Morgan fingerprint density at radius 3 is 2.48 bits per heavy atom. The van der Waals surface area contributed by atoms with Crippen LogP contribution in [0.1, 0.15) is 12.0 Å². The third-order valence-corrected chi connectivity index (χ3v) is 5.94. The van der Waals surface area contributed by atoms with Crippen molar-refractivity contribution in [1.29, 1.82) is 0 Å². The van der Waals surface area contributed by atoms with Gasteiger partial charge in [0.1, 0.15) is 5.82 Å². The molecule has 0 radical (unpaired) electrons. The summed E-state index contributed by atoms with van der Waals surface area (Å²) in [6.45, 7) is 2.88. The number of nitrogens with zero attached hydrogens (tertiary/aromatic N) is 3. The summed E-state index contributed by atoms with van der Waals surface area (Å²) in [5.41, 5.74) is -0.685. The molecule has 2 fully saturated rings. The lowest BCUT2D eigenvalue weighted by Crippen LogP contribution is -2.50. The molecule has 1 aromatic carbocycles. The molecule has 2 aliphatic rings. The summed E-state index contributed by atoms with van der Waals surface area (Å²) >= 11 is 0. The van der Waals surface area contributed by atoms with Crippen molar-refractivity contribution in [2.45, 2.75) is 19.1 Å². The van der Waals surface area contributed by atoms with Gasteiger partial charge in [-0.05, 0) is 30.7 Å². The highest BCUT2D eigenvalue weighted by Crippen LogP contribution is 2.46. The number of pyridine rings is 1. The third kappa shape index (κ3) is 4.67. The van der Waals surface area contributed by atoms with E-state index in [0.717, 1.165) is 24.3 Å². The first-order valence-electron chi connectivity index (χ1n) is 10.3. The van der Waals surface area contributed by atoms with Gasteiger partial charge in [0.2, 0.25) is 5.91 Å². The van der Waals surface area contributed by atoms with Crippen LogP contribution in [0.3, 0.4) is 0 Å². The van der Waals surface area contributed by atoms with E-state index in [1.165, 1.54) is 0 Å². The molecule has 2 aliphatic heterocycles. The number of carbonyl (C=O) groups excluding carboxylic acids is 1. The van der Waals surface area contributed by atoms with Crippen molar-refractivity contribution in [2.24, 2.45) is 5.41 Å². The van der Waals surface area contributed by atoms with Gasteiger partial charge < -0.3 is 15.0 Å². The zero-order valence-electron chi connectivity index (χ0n) is 17.1. The number of ether oxygens (including phenoxy) is 1. The Labute approximate surface area is 179 Å². The van der Waals surface area contributed by atoms with E-state index in [-0.39, 0.29) is 25.3 Å². The Morgan fingerprint density at radius 1 is 1.10 bits per heavy atom. The van der Waals surface area contributed by atoms with Gasteiger partial charge >= 0.3 is 6.18 Å². The van der Waals surface area contributed by atoms with E-state index in [1.54, 1.807) is 23.2 Å². The molecule has 0 aliphatic carbocycles. The van der Waals surface area contributed by atoms with Gasteiger partial charge in [-0.1, -0.05) is 30.3 Å². The van der Waals surface area contributed by atoms with Gasteiger partial charge in [-0.3, -0.25) is 9.69 Å². The number of halogens is 3. The highest BCUT2D eigenvalue weighted by Gasteiger charge is 2.63. The first kappa shape index (κ1) is 21.6. The lowest BCUT2D eigenvalue weighted by Gasteiger charge is -2.31. The zero-order chi connectivity index (χ0) is 21.9. The summed E-state index contributed by atoms with van der Waals surface area (Å²) in [7, 11) is 0. The van der Waals surface area contributed by atoms with Crippen LogP contribution in [0.25, 0.3) is 0 Å². The van der Waals surface area contributed by atoms with Crippen LogP contribution in [-0.2, 0) is 16.1 Å². The molecule has 0 saturated carbocycles. The maximum Gasteiger partial charge on any atom is 0.404 e. The van der Waals surface area contributed by atoms with Gasteiger partial charge in [-0.25, -0.2) is 4.98 Å². The Morgan fingerprint density at radius 2 is 1.84 bits per heavy atom. The van der Waals surface area contributed by atoms with Crippen molar-refractivity contribution in [3.05, 3.63) is 54.2 Å². The van der Waals surface area contributed by atoms with E-state index < -0.39 is 17.5 Å². The van der Waals surface area contributed by atoms with Crippen LogP contribution in [0.15, 0.2) is 48.7 Å². The fourth-order valence-corrected chi connectivity index (χ4v) is 4.12. The van der Waals surface area contributed by atoms with E-state index in [9.17, 15) is 18.0 Å². The average molecular weight is 434 g/mol. The average Bonchev–Trinajstić information content (AvgIpc) is 3.21. The lowest BCUT2D eigenvalue weighted by atomic mass is 9.85. The van der Waals surface area contributed by atoms with Crippen molar-refractivity contribution < 1.29 is 22.7 Å². The molecular weight excluding hydrogens is 409 g/mol. The fourth-order valence-electron chi connectivity index (χ4n) is 4.12. The van der Waals surface area contributed by atoms with Crippen LogP contribution in [0.4, 0.5) is 24.7 Å². The summed E-state index contributed by atoms with van der Waals surface area (Å²) in [5.74, 6) is -0.936. The smallest absolute Gasteiger partial charge is 0.378 e. The summed E-state index contributed by atoms with van der Waals surface area (Å²) < 4.78 is 47.5. The molecule has 6 nitrogen and oxygen atoms in total. The van der Waals surface area contributed by atoms with Crippen molar-refractivity contribution >= 4 is 17.4 Å². The molecular formula is C22H25F3N4O2.